The number of nitrogen functional groups attached to an aromatic ring is 1. The first-order valence-electron chi connectivity index (χ1n) is 5.54. The summed E-state index contributed by atoms with van der Waals surface area (Å²) < 4.78 is 5.20. The van der Waals surface area contributed by atoms with Gasteiger partial charge in [-0.05, 0) is 30.3 Å². The zero-order chi connectivity index (χ0) is 13.2. The molecule has 3 aromatic rings. The number of hydrogen-bond acceptors (Lipinski definition) is 5. The molecular formula is C13H9ClN4O. The number of nitrogens with zero attached hydrogens (tertiary/aromatic N) is 3. The second-order valence-electron chi connectivity index (χ2n) is 3.87. The Labute approximate surface area is 114 Å². The second kappa shape index (κ2) is 4.70. The molecule has 0 radical (unpaired) electrons. The zero-order valence-electron chi connectivity index (χ0n) is 9.75. The van der Waals surface area contributed by atoms with Crippen LogP contribution in [-0.4, -0.2) is 15.1 Å². The van der Waals surface area contributed by atoms with Gasteiger partial charge in [-0.2, -0.15) is 4.98 Å². The van der Waals surface area contributed by atoms with Crippen LogP contribution < -0.4 is 5.73 Å². The number of anilines is 1. The molecule has 0 unspecified atom stereocenters. The molecule has 1 aromatic carbocycles. The Balaban J connectivity index is 2.04. The third-order valence-corrected chi connectivity index (χ3v) is 2.80. The minimum absolute atomic E-state index is 0.320. The van der Waals surface area contributed by atoms with Crippen molar-refractivity contribution in [2.75, 3.05) is 5.73 Å². The van der Waals surface area contributed by atoms with Gasteiger partial charge in [-0.3, -0.25) is 4.98 Å². The van der Waals surface area contributed by atoms with Gasteiger partial charge in [-0.15, -0.1) is 0 Å². The Morgan fingerprint density at radius 1 is 1.16 bits per heavy atom. The van der Waals surface area contributed by atoms with Crippen LogP contribution in [0.2, 0.25) is 5.02 Å². The van der Waals surface area contributed by atoms with Gasteiger partial charge in [-0.25, -0.2) is 0 Å². The summed E-state index contributed by atoms with van der Waals surface area (Å²) in [7, 11) is 0. The van der Waals surface area contributed by atoms with Crippen LogP contribution in [0.4, 0.5) is 5.69 Å². The molecule has 0 aliphatic heterocycles. The van der Waals surface area contributed by atoms with Crippen molar-refractivity contribution in [3.8, 4) is 23.0 Å². The van der Waals surface area contributed by atoms with Crippen LogP contribution in [0.15, 0.2) is 47.1 Å². The van der Waals surface area contributed by atoms with Gasteiger partial charge in [0.15, 0.2) is 0 Å². The number of nitrogens with two attached hydrogens (primary N) is 1. The maximum Gasteiger partial charge on any atom is 0.260 e. The summed E-state index contributed by atoms with van der Waals surface area (Å²) in [4.78, 5) is 8.43. The number of halogens is 1. The topological polar surface area (TPSA) is 77.8 Å². The van der Waals surface area contributed by atoms with E-state index in [0.29, 0.717) is 33.7 Å². The Kier molecular flexibility index (Phi) is 2.89. The third kappa shape index (κ3) is 2.28. The van der Waals surface area contributed by atoms with Crippen molar-refractivity contribution in [1.82, 2.24) is 15.1 Å². The number of hydrogen-bond donors (Lipinski definition) is 1. The van der Waals surface area contributed by atoms with Gasteiger partial charge in [0.25, 0.3) is 5.89 Å². The second-order valence-corrected chi connectivity index (χ2v) is 4.31. The third-order valence-electron chi connectivity index (χ3n) is 2.57. The molecule has 0 amide bonds. The van der Waals surface area contributed by atoms with E-state index in [-0.39, 0.29) is 0 Å². The maximum atomic E-state index is 5.93. The van der Waals surface area contributed by atoms with E-state index in [0.717, 1.165) is 0 Å². The lowest BCUT2D eigenvalue weighted by Crippen LogP contribution is -1.90. The standard InChI is InChI=1S/C13H9ClN4O/c14-8-4-5-10(15)9(7-8)13-17-12(18-19-13)11-3-1-2-6-16-11/h1-7H,15H2. The highest BCUT2D eigenvalue weighted by molar-refractivity contribution is 6.31. The summed E-state index contributed by atoms with van der Waals surface area (Å²) in [5.74, 6) is 0.732. The monoisotopic (exact) mass is 272 g/mol. The predicted octanol–water partition coefficient (Wildman–Crippen LogP) is 3.03. The van der Waals surface area contributed by atoms with E-state index in [2.05, 4.69) is 15.1 Å². The summed E-state index contributed by atoms with van der Waals surface area (Å²) in [6.07, 6.45) is 1.67. The van der Waals surface area contributed by atoms with Gasteiger partial charge in [-0.1, -0.05) is 22.8 Å². The quantitative estimate of drug-likeness (QED) is 0.726. The van der Waals surface area contributed by atoms with Crippen LogP contribution in [-0.2, 0) is 0 Å². The summed E-state index contributed by atoms with van der Waals surface area (Å²) in [5, 5.41) is 4.44. The lowest BCUT2D eigenvalue weighted by Gasteiger charge is -2.00. The Hall–Kier alpha value is -2.40. The molecule has 6 heteroatoms. The van der Waals surface area contributed by atoms with Crippen molar-refractivity contribution < 1.29 is 4.52 Å². The molecule has 2 N–H and O–H groups in total. The van der Waals surface area contributed by atoms with E-state index >= 15 is 0 Å². The molecule has 0 bridgehead atoms. The van der Waals surface area contributed by atoms with E-state index < -0.39 is 0 Å². The van der Waals surface area contributed by atoms with Gasteiger partial charge in [0.1, 0.15) is 5.69 Å². The van der Waals surface area contributed by atoms with Crippen molar-refractivity contribution in [2.45, 2.75) is 0 Å². The Morgan fingerprint density at radius 3 is 2.84 bits per heavy atom. The first-order valence-corrected chi connectivity index (χ1v) is 5.92. The molecule has 0 spiro atoms. The summed E-state index contributed by atoms with van der Waals surface area (Å²) in [6, 6.07) is 10.6. The molecule has 0 saturated heterocycles. The molecular weight excluding hydrogens is 264 g/mol. The highest BCUT2D eigenvalue weighted by atomic mass is 35.5. The van der Waals surface area contributed by atoms with Crippen molar-refractivity contribution in [1.29, 1.82) is 0 Å². The van der Waals surface area contributed by atoms with Crippen molar-refractivity contribution >= 4 is 17.3 Å². The maximum absolute atomic E-state index is 5.93. The molecule has 0 fully saturated rings. The average molecular weight is 273 g/mol. The summed E-state index contributed by atoms with van der Waals surface area (Å²) >= 11 is 5.93. The largest absolute Gasteiger partial charge is 0.398 e. The van der Waals surface area contributed by atoms with E-state index in [4.69, 9.17) is 21.9 Å². The lowest BCUT2D eigenvalue weighted by molar-refractivity contribution is 0.432. The first-order chi connectivity index (χ1) is 9.24. The highest BCUT2D eigenvalue weighted by Crippen LogP contribution is 2.28. The molecule has 2 aromatic heterocycles. The number of pyridine rings is 1. The van der Waals surface area contributed by atoms with Gasteiger partial charge < -0.3 is 10.3 Å². The van der Waals surface area contributed by atoms with E-state index in [1.807, 2.05) is 12.1 Å². The smallest absolute Gasteiger partial charge is 0.260 e. The number of benzene rings is 1. The summed E-state index contributed by atoms with van der Waals surface area (Å²) in [6.45, 7) is 0. The van der Waals surface area contributed by atoms with Crippen molar-refractivity contribution in [3.63, 3.8) is 0 Å². The minimum atomic E-state index is 0.320. The minimum Gasteiger partial charge on any atom is -0.398 e. The highest BCUT2D eigenvalue weighted by Gasteiger charge is 2.13. The molecule has 3 rings (SSSR count). The first kappa shape index (κ1) is 11.7. The molecule has 0 aliphatic rings. The number of rotatable bonds is 2. The lowest BCUT2D eigenvalue weighted by atomic mass is 10.2. The fourth-order valence-electron chi connectivity index (χ4n) is 1.65. The van der Waals surface area contributed by atoms with Crippen molar-refractivity contribution in [2.24, 2.45) is 0 Å². The van der Waals surface area contributed by atoms with E-state index in [1.54, 1.807) is 30.5 Å². The molecule has 5 nitrogen and oxygen atoms in total. The average Bonchev–Trinajstić information content (AvgIpc) is 2.92. The molecule has 19 heavy (non-hydrogen) atoms. The molecule has 0 aliphatic carbocycles. The fourth-order valence-corrected chi connectivity index (χ4v) is 1.82. The van der Waals surface area contributed by atoms with Crippen LogP contribution >= 0.6 is 11.6 Å². The normalized spacial score (nSPS) is 10.6. The Bertz CT molecular complexity index is 712. The van der Waals surface area contributed by atoms with Crippen LogP contribution in [0.5, 0.6) is 0 Å². The van der Waals surface area contributed by atoms with Gasteiger partial charge in [0, 0.05) is 16.9 Å². The van der Waals surface area contributed by atoms with Crippen LogP contribution in [0.3, 0.4) is 0 Å². The predicted molar refractivity (Wildman–Crippen MR) is 72.4 cm³/mol. The molecule has 0 atom stereocenters. The fraction of sp³-hybridized carbons (Fsp3) is 0. The van der Waals surface area contributed by atoms with Gasteiger partial charge in [0.05, 0.1) is 5.56 Å². The van der Waals surface area contributed by atoms with Gasteiger partial charge >= 0.3 is 0 Å². The van der Waals surface area contributed by atoms with Crippen LogP contribution in [0.25, 0.3) is 23.0 Å². The number of aromatic nitrogens is 3. The Morgan fingerprint density at radius 2 is 2.05 bits per heavy atom. The SMILES string of the molecule is Nc1ccc(Cl)cc1-c1nc(-c2ccccn2)no1. The van der Waals surface area contributed by atoms with Crippen molar-refractivity contribution in [3.05, 3.63) is 47.6 Å². The van der Waals surface area contributed by atoms with E-state index in [1.165, 1.54) is 0 Å². The van der Waals surface area contributed by atoms with Gasteiger partial charge in [0.2, 0.25) is 5.82 Å². The molecule has 0 saturated carbocycles. The molecule has 2 heterocycles. The van der Waals surface area contributed by atoms with Crippen LogP contribution in [0, 0.1) is 0 Å². The van der Waals surface area contributed by atoms with E-state index in [9.17, 15) is 0 Å². The molecule has 94 valence electrons. The van der Waals surface area contributed by atoms with Crippen LogP contribution in [0.1, 0.15) is 0 Å². The zero-order valence-corrected chi connectivity index (χ0v) is 10.5. The summed E-state index contributed by atoms with van der Waals surface area (Å²) in [5.41, 5.74) is 7.65.